The maximum Gasteiger partial charge on any atom is 0.244 e. The van der Waals surface area contributed by atoms with E-state index >= 15 is 0 Å². The quantitative estimate of drug-likeness (QED) is 0.546. The summed E-state index contributed by atoms with van der Waals surface area (Å²) in [4.78, 5) is 25.1. The first kappa shape index (κ1) is 19.0. The van der Waals surface area contributed by atoms with Crippen molar-refractivity contribution in [3.8, 4) is 10.7 Å². The summed E-state index contributed by atoms with van der Waals surface area (Å²) in [7, 11) is 0. The highest BCUT2D eigenvalue weighted by Crippen LogP contribution is 2.23. The van der Waals surface area contributed by atoms with E-state index in [1.54, 1.807) is 28.8 Å². The van der Waals surface area contributed by atoms with E-state index in [-0.39, 0.29) is 24.3 Å². The molecule has 0 spiro atoms. The number of carbonyl (C=O) groups is 2. The number of carbonyl (C=O) groups excluding carboxylic acids is 2. The molecular formula is C18H19N5O2S2. The van der Waals surface area contributed by atoms with E-state index in [9.17, 15) is 9.59 Å². The number of amides is 2. The SMILES string of the molecule is CC(C)C(=O)Nc1ccc(NC(=O)Cn2c(-c3cccs3)n[nH]c2=S)cc1. The Morgan fingerprint density at radius 3 is 2.44 bits per heavy atom. The Morgan fingerprint density at radius 2 is 1.85 bits per heavy atom. The molecule has 0 bridgehead atoms. The monoisotopic (exact) mass is 401 g/mol. The Kier molecular flexibility index (Phi) is 5.82. The number of benzene rings is 1. The average Bonchev–Trinajstić information content (AvgIpc) is 3.27. The number of thiophene rings is 1. The summed E-state index contributed by atoms with van der Waals surface area (Å²) in [6.07, 6.45) is 0. The molecule has 3 aromatic rings. The summed E-state index contributed by atoms with van der Waals surface area (Å²) in [5, 5.41) is 14.5. The molecule has 2 amide bonds. The van der Waals surface area contributed by atoms with Crippen molar-refractivity contribution in [3.05, 3.63) is 46.5 Å². The number of aromatic amines is 1. The van der Waals surface area contributed by atoms with Gasteiger partial charge in [-0.1, -0.05) is 19.9 Å². The highest BCUT2D eigenvalue weighted by atomic mass is 32.1. The number of hydrogen-bond acceptors (Lipinski definition) is 5. The van der Waals surface area contributed by atoms with E-state index in [1.165, 1.54) is 11.3 Å². The largest absolute Gasteiger partial charge is 0.326 e. The molecule has 2 heterocycles. The topological polar surface area (TPSA) is 91.8 Å². The third-order valence-corrected chi connectivity index (χ3v) is 4.94. The minimum atomic E-state index is -0.218. The van der Waals surface area contributed by atoms with Gasteiger partial charge in [0.05, 0.1) is 4.88 Å². The molecule has 0 aliphatic rings. The van der Waals surface area contributed by atoms with Crippen LogP contribution in [0.2, 0.25) is 0 Å². The Bertz CT molecular complexity index is 988. The van der Waals surface area contributed by atoms with Crippen molar-refractivity contribution < 1.29 is 9.59 Å². The minimum absolute atomic E-state index is 0.0500. The van der Waals surface area contributed by atoms with Gasteiger partial charge in [0.1, 0.15) is 6.54 Å². The number of nitrogens with zero attached hydrogens (tertiary/aromatic N) is 2. The number of rotatable bonds is 6. The number of H-pyrrole nitrogens is 1. The Morgan fingerprint density at radius 1 is 1.19 bits per heavy atom. The Hall–Kier alpha value is -2.78. The molecule has 0 saturated carbocycles. The molecule has 0 aliphatic carbocycles. The van der Waals surface area contributed by atoms with Gasteiger partial charge >= 0.3 is 0 Å². The molecule has 2 aromatic heterocycles. The molecule has 0 atom stereocenters. The van der Waals surface area contributed by atoms with Gasteiger partial charge in [-0.3, -0.25) is 19.3 Å². The van der Waals surface area contributed by atoms with E-state index in [0.717, 1.165) is 4.88 Å². The standard InChI is InChI=1S/C18H19N5O2S2/c1-11(2)17(25)20-13-7-5-12(6-8-13)19-15(24)10-23-16(21-22-18(23)26)14-4-3-9-27-14/h3-9,11H,10H2,1-2H3,(H,19,24)(H,20,25)(H,22,26). The van der Waals surface area contributed by atoms with Crippen LogP contribution in [0.25, 0.3) is 10.7 Å². The predicted molar refractivity (Wildman–Crippen MR) is 109 cm³/mol. The second-order valence-corrected chi connectivity index (χ2v) is 7.52. The zero-order valence-corrected chi connectivity index (χ0v) is 16.5. The van der Waals surface area contributed by atoms with Gasteiger partial charge < -0.3 is 10.6 Å². The van der Waals surface area contributed by atoms with Crippen LogP contribution in [0.15, 0.2) is 41.8 Å². The highest BCUT2D eigenvalue weighted by molar-refractivity contribution is 7.71. The van der Waals surface area contributed by atoms with Crippen molar-refractivity contribution in [3.63, 3.8) is 0 Å². The molecule has 0 radical (unpaired) electrons. The first-order valence-corrected chi connectivity index (χ1v) is 9.62. The van der Waals surface area contributed by atoms with Crippen LogP contribution >= 0.6 is 23.6 Å². The second-order valence-electron chi connectivity index (χ2n) is 6.19. The smallest absolute Gasteiger partial charge is 0.244 e. The third kappa shape index (κ3) is 4.69. The molecule has 1 aromatic carbocycles. The summed E-state index contributed by atoms with van der Waals surface area (Å²) < 4.78 is 2.05. The fourth-order valence-electron chi connectivity index (χ4n) is 2.33. The lowest BCUT2D eigenvalue weighted by atomic mass is 10.2. The molecule has 0 saturated heterocycles. The van der Waals surface area contributed by atoms with Crippen LogP contribution in [-0.4, -0.2) is 26.6 Å². The summed E-state index contributed by atoms with van der Waals surface area (Å²) in [5.74, 6) is 0.268. The van der Waals surface area contributed by atoms with Crippen LogP contribution in [0.4, 0.5) is 11.4 Å². The number of aromatic nitrogens is 3. The summed E-state index contributed by atoms with van der Waals surface area (Å²) in [6, 6.07) is 10.8. The molecule has 27 heavy (non-hydrogen) atoms. The highest BCUT2D eigenvalue weighted by Gasteiger charge is 2.13. The van der Waals surface area contributed by atoms with Gasteiger partial charge in [0.25, 0.3) is 0 Å². The zero-order chi connectivity index (χ0) is 19.4. The first-order chi connectivity index (χ1) is 12.9. The zero-order valence-electron chi connectivity index (χ0n) is 14.9. The van der Waals surface area contributed by atoms with Gasteiger partial charge in [-0.15, -0.1) is 11.3 Å². The average molecular weight is 402 g/mol. The molecule has 9 heteroatoms. The van der Waals surface area contributed by atoms with Crippen molar-refractivity contribution in [1.82, 2.24) is 14.8 Å². The van der Waals surface area contributed by atoms with Gasteiger partial charge in [0.15, 0.2) is 10.6 Å². The van der Waals surface area contributed by atoms with Crippen LogP contribution in [0.3, 0.4) is 0 Å². The van der Waals surface area contributed by atoms with Gasteiger partial charge in [-0.25, -0.2) is 0 Å². The predicted octanol–water partition coefficient (Wildman–Crippen LogP) is 3.90. The molecule has 3 rings (SSSR count). The van der Waals surface area contributed by atoms with Gasteiger partial charge in [-0.2, -0.15) is 5.10 Å². The molecule has 0 aliphatic heterocycles. The van der Waals surface area contributed by atoms with Crippen molar-refractivity contribution in [2.45, 2.75) is 20.4 Å². The van der Waals surface area contributed by atoms with Crippen molar-refractivity contribution >= 4 is 46.7 Å². The molecule has 140 valence electrons. The summed E-state index contributed by atoms with van der Waals surface area (Å²) in [6.45, 7) is 3.71. The summed E-state index contributed by atoms with van der Waals surface area (Å²) >= 11 is 6.76. The molecule has 3 N–H and O–H groups in total. The number of nitrogens with one attached hydrogen (secondary N) is 3. The van der Waals surface area contributed by atoms with Gasteiger partial charge in [0.2, 0.25) is 11.8 Å². The minimum Gasteiger partial charge on any atom is -0.326 e. The number of hydrogen-bond donors (Lipinski definition) is 3. The Balaban J connectivity index is 1.66. The maximum atomic E-state index is 12.4. The van der Waals surface area contributed by atoms with Crippen LogP contribution in [0.1, 0.15) is 13.8 Å². The third-order valence-electron chi connectivity index (χ3n) is 3.76. The van der Waals surface area contributed by atoms with E-state index in [0.29, 0.717) is 22.0 Å². The lowest BCUT2D eigenvalue weighted by Gasteiger charge is -2.10. The fraction of sp³-hybridized carbons (Fsp3) is 0.222. The van der Waals surface area contributed by atoms with E-state index in [4.69, 9.17) is 12.2 Å². The van der Waals surface area contributed by atoms with Crippen molar-refractivity contribution in [1.29, 1.82) is 0 Å². The molecule has 0 unspecified atom stereocenters. The molecule has 0 fully saturated rings. The second kappa shape index (κ2) is 8.28. The molecule has 7 nitrogen and oxygen atoms in total. The maximum absolute atomic E-state index is 12.4. The van der Waals surface area contributed by atoms with Crippen LogP contribution < -0.4 is 10.6 Å². The van der Waals surface area contributed by atoms with Crippen LogP contribution in [-0.2, 0) is 16.1 Å². The lowest BCUT2D eigenvalue weighted by Crippen LogP contribution is -2.20. The van der Waals surface area contributed by atoms with Crippen molar-refractivity contribution in [2.24, 2.45) is 5.92 Å². The summed E-state index contributed by atoms with van der Waals surface area (Å²) in [5.41, 5.74) is 1.32. The number of anilines is 2. The van der Waals surface area contributed by atoms with Crippen LogP contribution in [0.5, 0.6) is 0 Å². The molecular weight excluding hydrogens is 382 g/mol. The normalized spacial score (nSPS) is 10.8. The Labute approximate surface area is 165 Å². The van der Waals surface area contributed by atoms with E-state index in [1.807, 2.05) is 31.4 Å². The van der Waals surface area contributed by atoms with Gasteiger partial charge in [-0.05, 0) is 47.9 Å². The van der Waals surface area contributed by atoms with Gasteiger partial charge in [0, 0.05) is 17.3 Å². The van der Waals surface area contributed by atoms with E-state index in [2.05, 4.69) is 20.8 Å². The van der Waals surface area contributed by atoms with E-state index < -0.39 is 0 Å². The first-order valence-electron chi connectivity index (χ1n) is 8.34. The lowest BCUT2D eigenvalue weighted by molar-refractivity contribution is -0.119. The van der Waals surface area contributed by atoms with Crippen LogP contribution in [0, 0.1) is 10.7 Å². The fourth-order valence-corrected chi connectivity index (χ4v) is 3.24. The van der Waals surface area contributed by atoms with Crippen molar-refractivity contribution in [2.75, 3.05) is 10.6 Å².